The van der Waals surface area contributed by atoms with Gasteiger partial charge in [-0.25, -0.2) is 4.79 Å². The number of hydrogen-bond donors (Lipinski definition) is 2. The van der Waals surface area contributed by atoms with Crippen molar-refractivity contribution in [3.05, 3.63) is 29.3 Å². The molecule has 0 bridgehead atoms. The zero-order valence-electron chi connectivity index (χ0n) is 11.7. The molecular weight excluding hydrogens is 242 g/mol. The molecule has 4 heteroatoms. The van der Waals surface area contributed by atoms with E-state index in [9.17, 15) is 9.90 Å². The first-order chi connectivity index (χ1) is 8.85. The lowest BCUT2D eigenvalue weighted by molar-refractivity contribution is 0.0635. The van der Waals surface area contributed by atoms with E-state index in [2.05, 4.69) is 5.32 Å². The molecule has 4 nitrogen and oxygen atoms in total. The molecule has 0 radical (unpaired) electrons. The van der Waals surface area contributed by atoms with Crippen LogP contribution in [0.15, 0.2) is 18.2 Å². The molecule has 104 valence electrons. The van der Waals surface area contributed by atoms with Crippen molar-refractivity contribution in [1.29, 1.82) is 0 Å². The third kappa shape index (κ3) is 3.70. The summed E-state index contributed by atoms with van der Waals surface area (Å²) in [6.45, 7) is 5.49. The van der Waals surface area contributed by atoms with Gasteiger partial charge in [0.2, 0.25) is 0 Å². The first-order valence-corrected chi connectivity index (χ1v) is 6.64. The van der Waals surface area contributed by atoms with Crippen LogP contribution >= 0.6 is 0 Å². The smallest absolute Gasteiger partial charge is 0.412 e. The van der Waals surface area contributed by atoms with Gasteiger partial charge in [-0.3, -0.25) is 5.32 Å². The molecule has 0 aromatic heterocycles. The summed E-state index contributed by atoms with van der Waals surface area (Å²) in [5.41, 5.74) is 2.44. The molecule has 1 amide bonds. The summed E-state index contributed by atoms with van der Waals surface area (Å²) in [6.07, 6.45) is 1.43. The van der Waals surface area contributed by atoms with Crippen molar-refractivity contribution in [2.24, 2.45) is 0 Å². The maximum Gasteiger partial charge on any atom is 0.412 e. The molecule has 2 N–H and O–H groups in total. The Bertz CT molecular complexity index is 477. The molecule has 1 aliphatic rings. The number of fused-ring (bicyclic) bond motifs is 1. The average molecular weight is 263 g/mol. The van der Waals surface area contributed by atoms with Crippen LogP contribution in [0.5, 0.6) is 0 Å². The highest BCUT2D eigenvalue weighted by atomic mass is 16.6. The zero-order chi connectivity index (χ0) is 14.0. The summed E-state index contributed by atoms with van der Waals surface area (Å²) >= 11 is 0. The van der Waals surface area contributed by atoms with E-state index >= 15 is 0 Å². The van der Waals surface area contributed by atoms with Crippen LogP contribution in [0.3, 0.4) is 0 Å². The van der Waals surface area contributed by atoms with Gasteiger partial charge in [0.25, 0.3) is 0 Å². The van der Waals surface area contributed by atoms with Crippen molar-refractivity contribution in [3.8, 4) is 0 Å². The lowest BCUT2D eigenvalue weighted by Crippen LogP contribution is -2.28. The van der Waals surface area contributed by atoms with Crippen LogP contribution in [0.4, 0.5) is 10.5 Å². The Balaban J connectivity index is 2.15. The molecule has 0 heterocycles. The van der Waals surface area contributed by atoms with Crippen LogP contribution in [-0.4, -0.2) is 22.9 Å². The highest BCUT2D eigenvalue weighted by Crippen LogP contribution is 2.28. The number of nitrogens with one attached hydrogen (secondary N) is 1. The molecular formula is C15H21NO3. The SMILES string of the molecule is CC(C)(C)OC(=O)Nc1cccc2c1C[C@@H](O)CC2. The van der Waals surface area contributed by atoms with Crippen LogP contribution in [-0.2, 0) is 17.6 Å². The predicted octanol–water partition coefficient (Wildman–Crippen LogP) is 2.88. The number of rotatable bonds is 1. The number of aryl methyl sites for hydroxylation is 1. The Hall–Kier alpha value is -1.55. The molecule has 19 heavy (non-hydrogen) atoms. The van der Waals surface area contributed by atoms with Gasteiger partial charge in [-0.05, 0) is 50.8 Å². The fourth-order valence-corrected chi connectivity index (χ4v) is 2.30. The van der Waals surface area contributed by atoms with Gasteiger partial charge < -0.3 is 9.84 Å². The quantitative estimate of drug-likeness (QED) is 0.819. The van der Waals surface area contributed by atoms with Gasteiger partial charge in [-0.2, -0.15) is 0 Å². The number of aliphatic hydroxyl groups excluding tert-OH is 1. The molecule has 0 unspecified atom stereocenters. The zero-order valence-corrected chi connectivity index (χ0v) is 11.7. The number of carbonyl (C=O) groups excluding carboxylic acids is 1. The maximum absolute atomic E-state index is 11.8. The standard InChI is InChI=1S/C15H21NO3/c1-15(2,3)19-14(18)16-13-6-4-5-10-7-8-11(17)9-12(10)13/h4-6,11,17H,7-9H2,1-3H3,(H,16,18)/t11-/m0/s1. The summed E-state index contributed by atoms with van der Waals surface area (Å²) < 4.78 is 5.25. The maximum atomic E-state index is 11.8. The van der Waals surface area contributed by atoms with Gasteiger partial charge in [-0.1, -0.05) is 12.1 Å². The summed E-state index contributed by atoms with van der Waals surface area (Å²) in [7, 11) is 0. The molecule has 0 saturated heterocycles. The minimum absolute atomic E-state index is 0.325. The molecule has 0 spiro atoms. The molecule has 1 aliphatic carbocycles. The van der Waals surface area contributed by atoms with Gasteiger partial charge in [0.1, 0.15) is 5.60 Å². The van der Waals surface area contributed by atoms with Crippen molar-refractivity contribution >= 4 is 11.8 Å². The summed E-state index contributed by atoms with van der Waals surface area (Å²) in [5.74, 6) is 0. The Morgan fingerprint density at radius 3 is 2.84 bits per heavy atom. The molecule has 0 saturated carbocycles. The van der Waals surface area contributed by atoms with Crippen LogP contribution in [0.25, 0.3) is 0 Å². The third-order valence-electron chi connectivity index (χ3n) is 3.10. The predicted molar refractivity (Wildman–Crippen MR) is 74.3 cm³/mol. The summed E-state index contributed by atoms with van der Waals surface area (Å²) in [5, 5.41) is 12.5. The van der Waals surface area contributed by atoms with Crippen LogP contribution in [0, 0.1) is 0 Å². The van der Waals surface area contributed by atoms with Gasteiger partial charge in [0.15, 0.2) is 0 Å². The number of anilines is 1. The van der Waals surface area contributed by atoms with Crippen molar-refractivity contribution in [2.45, 2.75) is 51.7 Å². The van der Waals surface area contributed by atoms with Crippen LogP contribution in [0.2, 0.25) is 0 Å². The van der Waals surface area contributed by atoms with E-state index < -0.39 is 11.7 Å². The van der Waals surface area contributed by atoms with Crippen molar-refractivity contribution in [3.63, 3.8) is 0 Å². The lowest BCUT2D eigenvalue weighted by Gasteiger charge is -2.24. The van der Waals surface area contributed by atoms with E-state index in [-0.39, 0.29) is 6.10 Å². The first-order valence-electron chi connectivity index (χ1n) is 6.64. The second-order valence-electron chi connectivity index (χ2n) is 5.97. The van der Waals surface area contributed by atoms with E-state index in [1.165, 1.54) is 5.56 Å². The van der Waals surface area contributed by atoms with E-state index in [1.54, 1.807) is 0 Å². The Kier molecular flexibility index (Phi) is 3.80. The van der Waals surface area contributed by atoms with Gasteiger partial charge in [-0.15, -0.1) is 0 Å². The molecule has 1 aromatic carbocycles. The number of hydrogen-bond acceptors (Lipinski definition) is 3. The highest BCUT2D eigenvalue weighted by Gasteiger charge is 2.21. The molecule has 0 fully saturated rings. The first kappa shape index (κ1) is 13.9. The topological polar surface area (TPSA) is 58.6 Å². The summed E-state index contributed by atoms with van der Waals surface area (Å²) in [6, 6.07) is 5.81. The molecule has 2 rings (SSSR count). The number of benzene rings is 1. The largest absolute Gasteiger partial charge is 0.444 e. The number of amides is 1. The minimum atomic E-state index is -0.515. The van der Waals surface area contributed by atoms with Crippen LogP contribution < -0.4 is 5.32 Å². The van der Waals surface area contributed by atoms with Crippen molar-refractivity contribution in [2.75, 3.05) is 5.32 Å². The van der Waals surface area contributed by atoms with E-state index in [0.29, 0.717) is 6.42 Å². The summed E-state index contributed by atoms with van der Waals surface area (Å²) in [4.78, 5) is 11.8. The number of aliphatic hydroxyl groups is 1. The second kappa shape index (κ2) is 5.21. The molecule has 0 aliphatic heterocycles. The molecule has 1 aromatic rings. The van der Waals surface area contributed by atoms with Crippen molar-refractivity contribution < 1.29 is 14.6 Å². The minimum Gasteiger partial charge on any atom is -0.444 e. The average Bonchev–Trinajstić information content (AvgIpc) is 2.27. The van der Waals surface area contributed by atoms with Crippen molar-refractivity contribution in [1.82, 2.24) is 0 Å². The van der Waals surface area contributed by atoms with Gasteiger partial charge in [0, 0.05) is 12.1 Å². The van der Waals surface area contributed by atoms with Crippen LogP contribution in [0.1, 0.15) is 38.3 Å². The molecule has 1 atom stereocenters. The monoisotopic (exact) mass is 263 g/mol. The second-order valence-corrected chi connectivity index (χ2v) is 5.97. The fraction of sp³-hybridized carbons (Fsp3) is 0.533. The normalized spacial score (nSPS) is 18.6. The van der Waals surface area contributed by atoms with E-state index in [0.717, 1.165) is 24.1 Å². The Morgan fingerprint density at radius 2 is 2.16 bits per heavy atom. The van der Waals surface area contributed by atoms with Gasteiger partial charge >= 0.3 is 6.09 Å². The fourth-order valence-electron chi connectivity index (χ4n) is 2.30. The Labute approximate surface area is 113 Å². The van der Waals surface area contributed by atoms with E-state index in [4.69, 9.17) is 4.74 Å². The lowest BCUT2D eigenvalue weighted by atomic mass is 9.88. The van der Waals surface area contributed by atoms with E-state index in [1.807, 2.05) is 39.0 Å². The highest BCUT2D eigenvalue weighted by molar-refractivity contribution is 5.86. The number of carbonyl (C=O) groups is 1. The Morgan fingerprint density at radius 1 is 1.42 bits per heavy atom. The number of ether oxygens (including phenoxy) is 1. The van der Waals surface area contributed by atoms with Gasteiger partial charge in [0.05, 0.1) is 6.10 Å². The third-order valence-corrected chi connectivity index (χ3v) is 3.10.